The third-order valence-electron chi connectivity index (χ3n) is 5.32. The van der Waals surface area contributed by atoms with Gasteiger partial charge in [-0.05, 0) is 37.1 Å². The fourth-order valence-electron chi connectivity index (χ4n) is 3.36. The zero-order chi connectivity index (χ0) is 23.2. The summed E-state index contributed by atoms with van der Waals surface area (Å²) in [5, 5.41) is 8.27. The standard InChI is InChI=1S/C24H35ClN4O2/c1-7-9-10-17(8-2)23(31)28(6)16-22(30)26-21-15-20(24(3,4)5)27-29(21)19-13-11-18(25)12-14-19/h11-15,17H,7-10,16H2,1-6H3,(H,26,30). The SMILES string of the molecule is CCCCC(CC)C(=O)N(C)CC(=O)Nc1cc(C(C)(C)C)nn1-c1ccc(Cl)cc1. The lowest BCUT2D eigenvalue weighted by atomic mass is 9.92. The summed E-state index contributed by atoms with van der Waals surface area (Å²) in [5.41, 5.74) is 1.47. The smallest absolute Gasteiger partial charge is 0.245 e. The molecule has 0 aliphatic heterocycles. The van der Waals surface area contributed by atoms with Crippen LogP contribution < -0.4 is 5.32 Å². The van der Waals surface area contributed by atoms with E-state index in [4.69, 9.17) is 16.7 Å². The van der Waals surface area contributed by atoms with Gasteiger partial charge < -0.3 is 10.2 Å². The van der Waals surface area contributed by atoms with E-state index in [-0.39, 0.29) is 29.7 Å². The van der Waals surface area contributed by atoms with Gasteiger partial charge in [-0.1, -0.05) is 59.1 Å². The predicted octanol–water partition coefficient (Wildman–Crippen LogP) is 5.44. The lowest BCUT2D eigenvalue weighted by Gasteiger charge is -2.22. The summed E-state index contributed by atoms with van der Waals surface area (Å²) in [5.74, 6) is 0.297. The van der Waals surface area contributed by atoms with Crippen molar-refractivity contribution in [3.05, 3.63) is 41.0 Å². The number of amides is 2. The molecule has 1 aromatic carbocycles. The van der Waals surface area contributed by atoms with Gasteiger partial charge in [0.15, 0.2) is 0 Å². The summed E-state index contributed by atoms with van der Waals surface area (Å²) >= 11 is 6.02. The third-order valence-corrected chi connectivity index (χ3v) is 5.57. The van der Waals surface area contributed by atoms with Crippen LogP contribution in [0.2, 0.25) is 5.02 Å². The number of carbonyl (C=O) groups excluding carboxylic acids is 2. The monoisotopic (exact) mass is 446 g/mol. The molecule has 0 radical (unpaired) electrons. The molecule has 6 nitrogen and oxygen atoms in total. The van der Waals surface area contributed by atoms with E-state index in [1.165, 1.54) is 4.90 Å². The molecule has 0 aliphatic rings. The van der Waals surface area contributed by atoms with Gasteiger partial charge >= 0.3 is 0 Å². The van der Waals surface area contributed by atoms with Crippen molar-refractivity contribution in [2.24, 2.45) is 5.92 Å². The van der Waals surface area contributed by atoms with Gasteiger partial charge in [0.05, 0.1) is 17.9 Å². The van der Waals surface area contributed by atoms with E-state index in [9.17, 15) is 9.59 Å². The molecule has 0 fully saturated rings. The van der Waals surface area contributed by atoms with E-state index < -0.39 is 0 Å². The number of unbranched alkanes of at least 4 members (excludes halogenated alkanes) is 1. The number of hydrogen-bond donors (Lipinski definition) is 1. The highest BCUT2D eigenvalue weighted by Crippen LogP contribution is 2.27. The van der Waals surface area contributed by atoms with Crippen LogP contribution in [0.3, 0.4) is 0 Å². The van der Waals surface area contributed by atoms with Gasteiger partial charge in [0, 0.05) is 29.5 Å². The van der Waals surface area contributed by atoms with E-state index in [2.05, 4.69) is 33.0 Å². The van der Waals surface area contributed by atoms with Crippen LogP contribution in [0.1, 0.15) is 66.0 Å². The molecule has 2 aromatic rings. The van der Waals surface area contributed by atoms with E-state index in [0.717, 1.165) is 37.1 Å². The second kappa shape index (κ2) is 10.8. The maximum Gasteiger partial charge on any atom is 0.245 e. The summed E-state index contributed by atoms with van der Waals surface area (Å²) in [6.45, 7) is 10.3. The molecule has 170 valence electrons. The molecular formula is C24H35ClN4O2. The number of likely N-dealkylation sites (N-methyl/N-ethyl adjacent to an activating group) is 1. The Morgan fingerprint density at radius 2 is 1.84 bits per heavy atom. The summed E-state index contributed by atoms with van der Waals surface area (Å²) in [4.78, 5) is 27.0. The maximum atomic E-state index is 12.8. The number of anilines is 1. The molecule has 31 heavy (non-hydrogen) atoms. The van der Waals surface area contributed by atoms with Gasteiger partial charge in [0.2, 0.25) is 11.8 Å². The number of halogens is 1. The number of carbonyl (C=O) groups is 2. The Morgan fingerprint density at radius 1 is 1.19 bits per heavy atom. The Bertz CT molecular complexity index is 884. The van der Waals surface area contributed by atoms with Crippen LogP contribution in [-0.4, -0.2) is 40.1 Å². The number of rotatable bonds is 9. The lowest BCUT2D eigenvalue weighted by molar-refractivity contribution is -0.137. The second-order valence-electron chi connectivity index (χ2n) is 9.04. The summed E-state index contributed by atoms with van der Waals surface area (Å²) in [7, 11) is 1.69. The Balaban J connectivity index is 2.19. The van der Waals surface area contributed by atoms with Crippen molar-refractivity contribution in [3.63, 3.8) is 0 Å². The molecule has 1 heterocycles. The highest BCUT2D eigenvalue weighted by Gasteiger charge is 2.24. The minimum Gasteiger partial charge on any atom is -0.336 e. The predicted molar refractivity (Wildman–Crippen MR) is 127 cm³/mol. The quantitative estimate of drug-likeness (QED) is 0.557. The minimum absolute atomic E-state index is 0.00188. The molecule has 2 rings (SSSR count). The Hall–Kier alpha value is -2.34. The molecule has 1 aromatic heterocycles. The minimum atomic E-state index is -0.253. The molecule has 1 unspecified atom stereocenters. The third kappa shape index (κ3) is 6.82. The fraction of sp³-hybridized carbons (Fsp3) is 0.542. The Morgan fingerprint density at radius 3 is 2.39 bits per heavy atom. The first-order chi connectivity index (χ1) is 14.6. The van der Waals surface area contributed by atoms with Crippen LogP contribution in [0.5, 0.6) is 0 Å². The average molecular weight is 447 g/mol. The fourth-order valence-corrected chi connectivity index (χ4v) is 3.48. The molecular weight excluding hydrogens is 412 g/mol. The van der Waals surface area contributed by atoms with Crippen LogP contribution in [0.25, 0.3) is 5.69 Å². The van der Waals surface area contributed by atoms with Gasteiger partial charge in [-0.15, -0.1) is 0 Å². The average Bonchev–Trinajstić information content (AvgIpc) is 3.13. The first-order valence-corrected chi connectivity index (χ1v) is 11.4. The van der Waals surface area contributed by atoms with Crippen molar-refractivity contribution in [3.8, 4) is 5.69 Å². The Kier molecular flexibility index (Phi) is 8.69. The van der Waals surface area contributed by atoms with E-state index in [0.29, 0.717) is 10.8 Å². The van der Waals surface area contributed by atoms with Crippen LogP contribution in [0, 0.1) is 5.92 Å². The second-order valence-corrected chi connectivity index (χ2v) is 9.48. The van der Waals surface area contributed by atoms with Crippen molar-refractivity contribution in [2.45, 2.75) is 65.7 Å². The molecule has 0 spiro atoms. The van der Waals surface area contributed by atoms with Gasteiger partial charge in [0.25, 0.3) is 0 Å². The number of hydrogen-bond acceptors (Lipinski definition) is 3. The van der Waals surface area contributed by atoms with Gasteiger partial charge in [-0.2, -0.15) is 5.10 Å². The van der Waals surface area contributed by atoms with Crippen LogP contribution in [0.4, 0.5) is 5.82 Å². The highest BCUT2D eigenvalue weighted by atomic mass is 35.5. The summed E-state index contributed by atoms with van der Waals surface area (Å²) in [6, 6.07) is 9.16. The molecule has 7 heteroatoms. The number of benzene rings is 1. The normalized spacial score (nSPS) is 12.5. The van der Waals surface area contributed by atoms with E-state index in [1.807, 2.05) is 25.1 Å². The summed E-state index contributed by atoms with van der Waals surface area (Å²) < 4.78 is 1.70. The maximum absolute atomic E-state index is 12.8. The lowest BCUT2D eigenvalue weighted by Crippen LogP contribution is -2.38. The molecule has 0 saturated heterocycles. The molecule has 0 saturated carbocycles. The van der Waals surface area contributed by atoms with Gasteiger partial charge in [0.1, 0.15) is 5.82 Å². The topological polar surface area (TPSA) is 67.2 Å². The van der Waals surface area contributed by atoms with Crippen molar-refractivity contribution in [1.82, 2.24) is 14.7 Å². The zero-order valence-corrected chi connectivity index (χ0v) is 20.3. The van der Waals surface area contributed by atoms with Gasteiger partial charge in [-0.25, -0.2) is 4.68 Å². The molecule has 0 bridgehead atoms. The zero-order valence-electron chi connectivity index (χ0n) is 19.5. The molecule has 1 atom stereocenters. The summed E-state index contributed by atoms with van der Waals surface area (Å²) in [6.07, 6.45) is 3.71. The van der Waals surface area contributed by atoms with E-state index in [1.54, 1.807) is 23.9 Å². The first-order valence-electron chi connectivity index (χ1n) is 11.0. The van der Waals surface area contributed by atoms with Crippen molar-refractivity contribution < 1.29 is 9.59 Å². The van der Waals surface area contributed by atoms with Crippen LogP contribution in [-0.2, 0) is 15.0 Å². The number of nitrogens with zero attached hydrogens (tertiary/aromatic N) is 3. The molecule has 2 amide bonds. The number of nitrogens with one attached hydrogen (secondary N) is 1. The first kappa shape index (κ1) is 24.9. The number of aromatic nitrogens is 2. The van der Waals surface area contributed by atoms with Crippen molar-refractivity contribution >= 4 is 29.2 Å². The molecule has 1 N–H and O–H groups in total. The van der Waals surface area contributed by atoms with Gasteiger partial charge in [-0.3, -0.25) is 9.59 Å². The largest absolute Gasteiger partial charge is 0.336 e. The highest BCUT2D eigenvalue weighted by molar-refractivity contribution is 6.30. The van der Waals surface area contributed by atoms with Crippen molar-refractivity contribution in [2.75, 3.05) is 18.9 Å². The van der Waals surface area contributed by atoms with E-state index >= 15 is 0 Å². The van der Waals surface area contributed by atoms with Crippen LogP contribution >= 0.6 is 11.6 Å². The van der Waals surface area contributed by atoms with Crippen LogP contribution in [0.15, 0.2) is 30.3 Å². The Labute approximate surface area is 191 Å². The molecule has 0 aliphatic carbocycles. The van der Waals surface area contributed by atoms with Crippen molar-refractivity contribution in [1.29, 1.82) is 0 Å².